The van der Waals surface area contributed by atoms with Gasteiger partial charge in [-0.05, 0) is 49.6 Å². The number of rotatable bonds is 7. The Bertz CT molecular complexity index is 1130. The van der Waals surface area contributed by atoms with Gasteiger partial charge in [0, 0.05) is 24.3 Å². The van der Waals surface area contributed by atoms with Crippen LogP contribution in [0.15, 0.2) is 66.7 Å². The van der Waals surface area contributed by atoms with Crippen molar-refractivity contribution < 1.29 is 19.1 Å². The van der Waals surface area contributed by atoms with Crippen molar-refractivity contribution in [3.05, 3.63) is 72.3 Å². The van der Waals surface area contributed by atoms with Crippen LogP contribution in [0.25, 0.3) is 0 Å². The van der Waals surface area contributed by atoms with E-state index < -0.39 is 17.4 Å². The molecule has 3 heterocycles. The standard InChI is InChI=1S/C27H29N3O4/c1-17(8-9-19-6-4-3-5-7-19)28-25(32)23-22-14-15-27(34-22)16-30(26(33)24(23)27)21-12-10-20(11-13-21)29-18(2)31/h3-7,10-15,17,22-24H,8-9,16H2,1-2H3,(H,28,32)(H,29,31)/t17-,22-,23+,24+,27-/m1/s1. The molecule has 2 fully saturated rings. The number of hydrogen-bond acceptors (Lipinski definition) is 4. The van der Waals surface area contributed by atoms with E-state index in [1.165, 1.54) is 12.5 Å². The lowest BCUT2D eigenvalue weighted by Crippen LogP contribution is -2.46. The fourth-order valence-corrected chi connectivity index (χ4v) is 5.38. The SMILES string of the molecule is CC(=O)Nc1ccc(N2C[C@@]34C=C[C@@H](O3)[C@H](C(=O)N[C@H](C)CCc3ccccc3)[C@H]4C2=O)cc1. The molecule has 2 aromatic rings. The van der Waals surface area contributed by atoms with Crippen LogP contribution >= 0.6 is 0 Å². The molecule has 2 saturated heterocycles. The van der Waals surface area contributed by atoms with E-state index in [9.17, 15) is 14.4 Å². The van der Waals surface area contributed by atoms with E-state index in [0.29, 0.717) is 12.2 Å². The Balaban J connectivity index is 1.27. The van der Waals surface area contributed by atoms with E-state index in [4.69, 9.17) is 4.74 Å². The Morgan fingerprint density at radius 3 is 2.59 bits per heavy atom. The Morgan fingerprint density at radius 1 is 1.15 bits per heavy atom. The minimum atomic E-state index is -0.770. The molecule has 0 aliphatic carbocycles. The van der Waals surface area contributed by atoms with E-state index >= 15 is 0 Å². The van der Waals surface area contributed by atoms with Crippen molar-refractivity contribution in [1.82, 2.24) is 5.32 Å². The molecule has 0 unspecified atom stereocenters. The number of benzene rings is 2. The molecule has 1 spiro atoms. The van der Waals surface area contributed by atoms with E-state index in [0.717, 1.165) is 18.5 Å². The first-order valence-electron chi connectivity index (χ1n) is 11.8. The van der Waals surface area contributed by atoms with E-state index in [1.807, 2.05) is 37.3 Å². The molecule has 2 N–H and O–H groups in total. The average Bonchev–Trinajstić information content (AvgIpc) is 3.47. The zero-order valence-corrected chi connectivity index (χ0v) is 19.4. The molecule has 5 atom stereocenters. The predicted octanol–water partition coefficient (Wildman–Crippen LogP) is 3.07. The lowest BCUT2D eigenvalue weighted by molar-refractivity contribution is -0.132. The molecular weight excluding hydrogens is 430 g/mol. The largest absolute Gasteiger partial charge is 0.360 e. The van der Waals surface area contributed by atoms with Gasteiger partial charge in [-0.25, -0.2) is 0 Å². The third kappa shape index (κ3) is 4.01. The molecule has 0 radical (unpaired) electrons. The molecule has 7 heteroatoms. The number of aryl methyl sites for hydroxylation is 1. The van der Waals surface area contributed by atoms with Gasteiger partial charge in [-0.2, -0.15) is 0 Å². The van der Waals surface area contributed by atoms with Crippen LogP contribution in [-0.4, -0.2) is 42.0 Å². The van der Waals surface area contributed by atoms with Crippen LogP contribution < -0.4 is 15.5 Å². The number of carbonyl (C=O) groups is 3. The second kappa shape index (κ2) is 8.72. The molecule has 0 aromatic heterocycles. The quantitative estimate of drug-likeness (QED) is 0.623. The molecule has 176 valence electrons. The van der Waals surface area contributed by atoms with Gasteiger partial charge in [-0.3, -0.25) is 14.4 Å². The smallest absolute Gasteiger partial charge is 0.234 e. The van der Waals surface area contributed by atoms with Gasteiger partial charge >= 0.3 is 0 Å². The van der Waals surface area contributed by atoms with Crippen molar-refractivity contribution in [1.29, 1.82) is 0 Å². The number of anilines is 2. The summed E-state index contributed by atoms with van der Waals surface area (Å²) in [6.45, 7) is 3.82. The van der Waals surface area contributed by atoms with Crippen molar-refractivity contribution >= 4 is 29.1 Å². The Kier molecular flexibility index (Phi) is 5.73. The summed E-state index contributed by atoms with van der Waals surface area (Å²) in [7, 11) is 0. The minimum Gasteiger partial charge on any atom is -0.360 e. The van der Waals surface area contributed by atoms with E-state index in [1.54, 1.807) is 29.2 Å². The van der Waals surface area contributed by atoms with Crippen LogP contribution in [0.2, 0.25) is 0 Å². The normalized spacial score (nSPS) is 27.5. The summed E-state index contributed by atoms with van der Waals surface area (Å²) < 4.78 is 6.24. The molecule has 2 bridgehead atoms. The van der Waals surface area contributed by atoms with Gasteiger partial charge in [0.05, 0.1) is 24.5 Å². The highest BCUT2D eigenvalue weighted by molar-refractivity contribution is 6.03. The Hall–Kier alpha value is -3.45. The molecule has 3 amide bonds. The first-order chi connectivity index (χ1) is 16.4. The maximum absolute atomic E-state index is 13.5. The van der Waals surface area contributed by atoms with Crippen LogP contribution in [0.5, 0.6) is 0 Å². The van der Waals surface area contributed by atoms with Crippen LogP contribution in [0, 0.1) is 11.8 Å². The first kappa shape index (κ1) is 22.3. The predicted molar refractivity (Wildman–Crippen MR) is 129 cm³/mol. The summed E-state index contributed by atoms with van der Waals surface area (Å²) in [5, 5.41) is 5.85. The van der Waals surface area contributed by atoms with Gasteiger partial charge in [0.1, 0.15) is 5.60 Å². The van der Waals surface area contributed by atoms with E-state index in [2.05, 4.69) is 22.8 Å². The van der Waals surface area contributed by atoms with Crippen LogP contribution in [-0.2, 0) is 25.5 Å². The highest BCUT2D eigenvalue weighted by Gasteiger charge is 2.67. The third-order valence-electron chi connectivity index (χ3n) is 7.00. The van der Waals surface area contributed by atoms with Crippen molar-refractivity contribution in [2.24, 2.45) is 11.8 Å². The van der Waals surface area contributed by atoms with Gasteiger partial charge in [0.15, 0.2) is 0 Å². The number of fused-ring (bicyclic) bond motifs is 1. The van der Waals surface area contributed by atoms with Gasteiger partial charge in [-0.15, -0.1) is 0 Å². The minimum absolute atomic E-state index is 0.0132. The van der Waals surface area contributed by atoms with Gasteiger partial charge in [-0.1, -0.05) is 42.5 Å². The molecular formula is C27H29N3O4. The molecule has 34 heavy (non-hydrogen) atoms. The topological polar surface area (TPSA) is 87.7 Å². The number of carbonyl (C=O) groups excluding carboxylic acids is 3. The van der Waals surface area contributed by atoms with Crippen LogP contribution in [0.3, 0.4) is 0 Å². The number of nitrogens with zero attached hydrogens (tertiary/aromatic N) is 1. The summed E-state index contributed by atoms with van der Waals surface area (Å²) in [5.74, 6) is -1.46. The maximum atomic E-state index is 13.5. The van der Waals surface area contributed by atoms with Gasteiger partial charge in [0.2, 0.25) is 17.7 Å². The number of hydrogen-bond donors (Lipinski definition) is 2. The fourth-order valence-electron chi connectivity index (χ4n) is 5.38. The van der Waals surface area contributed by atoms with Gasteiger partial charge in [0.25, 0.3) is 0 Å². The molecule has 3 aliphatic rings. The first-order valence-corrected chi connectivity index (χ1v) is 11.8. The second-order valence-electron chi connectivity index (χ2n) is 9.49. The lowest BCUT2D eigenvalue weighted by atomic mass is 9.76. The highest BCUT2D eigenvalue weighted by atomic mass is 16.5. The van der Waals surface area contributed by atoms with E-state index in [-0.39, 0.29) is 29.9 Å². The number of nitrogens with one attached hydrogen (secondary N) is 2. The second-order valence-corrected chi connectivity index (χ2v) is 9.49. The summed E-state index contributed by atoms with van der Waals surface area (Å²) in [5.41, 5.74) is 1.85. The van der Waals surface area contributed by atoms with Crippen molar-refractivity contribution in [2.45, 2.75) is 44.4 Å². The molecule has 0 saturated carbocycles. The van der Waals surface area contributed by atoms with Crippen molar-refractivity contribution in [3.8, 4) is 0 Å². The van der Waals surface area contributed by atoms with Gasteiger partial charge < -0.3 is 20.3 Å². The summed E-state index contributed by atoms with van der Waals surface area (Å²) in [6, 6.07) is 17.3. The maximum Gasteiger partial charge on any atom is 0.234 e. The molecule has 5 rings (SSSR count). The zero-order chi connectivity index (χ0) is 23.9. The lowest BCUT2D eigenvalue weighted by Gasteiger charge is -2.25. The summed E-state index contributed by atoms with van der Waals surface area (Å²) in [4.78, 5) is 39.8. The Labute approximate surface area is 199 Å². The molecule has 7 nitrogen and oxygen atoms in total. The molecule has 3 aliphatic heterocycles. The number of ether oxygens (including phenoxy) is 1. The van der Waals surface area contributed by atoms with Crippen LogP contribution in [0.1, 0.15) is 25.8 Å². The summed E-state index contributed by atoms with van der Waals surface area (Å²) in [6.07, 6.45) is 5.20. The van der Waals surface area contributed by atoms with Crippen molar-refractivity contribution in [2.75, 3.05) is 16.8 Å². The third-order valence-corrected chi connectivity index (χ3v) is 7.00. The summed E-state index contributed by atoms with van der Waals surface area (Å²) >= 11 is 0. The van der Waals surface area contributed by atoms with Crippen molar-refractivity contribution in [3.63, 3.8) is 0 Å². The highest BCUT2D eigenvalue weighted by Crippen LogP contribution is 2.52. The zero-order valence-electron chi connectivity index (χ0n) is 19.4. The monoisotopic (exact) mass is 459 g/mol. The fraction of sp³-hybridized carbons (Fsp3) is 0.370. The average molecular weight is 460 g/mol. The molecule has 2 aromatic carbocycles. The Morgan fingerprint density at radius 2 is 1.88 bits per heavy atom. The van der Waals surface area contributed by atoms with Crippen LogP contribution in [0.4, 0.5) is 11.4 Å². The number of amides is 3.